The van der Waals surface area contributed by atoms with Crippen LogP contribution in [-0.4, -0.2) is 41.9 Å². The molecule has 1 aromatic heterocycles. The van der Waals surface area contributed by atoms with E-state index in [1.54, 1.807) is 12.4 Å². The number of hydrogen-bond donors (Lipinski definition) is 1. The van der Waals surface area contributed by atoms with E-state index in [2.05, 4.69) is 9.88 Å². The Morgan fingerprint density at radius 2 is 2.26 bits per heavy atom. The van der Waals surface area contributed by atoms with E-state index in [1.807, 2.05) is 31.2 Å². The molecule has 2 aromatic rings. The average Bonchev–Trinajstić information content (AvgIpc) is 2.68. The van der Waals surface area contributed by atoms with Gasteiger partial charge in [0, 0.05) is 30.6 Å². The van der Waals surface area contributed by atoms with Crippen LogP contribution in [0.1, 0.15) is 24.0 Å². The Morgan fingerprint density at radius 1 is 1.41 bits per heavy atom. The first-order valence-corrected chi connectivity index (χ1v) is 9.30. The Balaban J connectivity index is 1.60. The van der Waals surface area contributed by atoms with Crippen molar-refractivity contribution >= 4 is 23.3 Å². The van der Waals surface area contributed by atoms with Crippen molar-refractivity contribution in [3.05, 3.63) is 52.8 Å². The number of hydrogen-bond acceptors (Lipinski definition) is 5. The molecule has 144 valence electrons. The Labute approximate surface area is 163 Å². The number of ether oxygens (including phenoxy) is 2. The molecule has 1 fully saturated rings. The normalized spacial score (nSPS) is 17.0. The van der Waals surface area contributed by atoms with Gasteiger partial charge in [0.1, 0.15) is 12.4 Å². The first kappa shape index (κ1) is 19.5. The molecule has 0 spiro atoms. The quantitative estimate of drug-likeness (QED) is 0.777. The van der Waals surface area contributed by atoms with Gasteiger partial charge in [0.15, 0.2) is 0 Å². The van der Waals surface area contributed by atoms with E-state index in [1.165, 1.54) is 0 Å². The Morgan fingerprint density at radius 3 is 3.04 bits per heavy atom. The number of rotatable bonds is 7. The van der Waals surface area contributed by atoms with Crippen LogP contribution < -0.4 is 9.64 Å². The molecule has 1 N–H and O–H groups in total. The topological polar surface area (TPSA) is 71.9 Å². The van der Waals surface area contributed by atoms with Crippen LogP contribution >= 0.6 is 11.6 Å². The zero-order valence-corrected chi connectivity index (χ0v) is 16.0. The SMILES string of the molecule is Cc1ccc(COc2cncc(N3CCO[C@@H](CCC(=O)O)C3)c2)cc1Cl. The number of halogens is 1. The summed E-state index contributed by atoms with van der Waals surface area (Å²) in [5, 5.41) is 9.57. The summed E-state index contributed by atoms with van der Waals surface area (Å²) in [5.41, 5.74) is 2.98. The third kappa shape index (κ3) is 5.58. The molecule has 1 aliphatic rings. The molecule has 2 heterocycles. The number of aryl methyl sites for hydroxylation is 1. The van der Waals surface area contributed by atoms with Crippen molar-refractivity contribution in [2.24, 2.45) is 0 Å². The fourth-order valence-corrected chi connectivity index (χ4v) is 3.17. The van der Waals surface area contributed by atoms with Crippen molar-refractivity contribution < 1.29 is 19.4 Å². The van der Waals surface area contributed by atoms with Crippen LogP contribution in [0.4, 0.5) is 5.69 Å². The first-order chi connectivity index (χ1) is 13.0. The molecule has 0 unspecified atom stereocenters. The zero-order chi connectivity index (χ0) is 19.2. The molecule has 0 saturated carbocycles. The van der Waals surface area contributed by atoms with E-state index in [-0.39, 0.29) is 12.5 Å². The molecule has 6 nitrogen and oxygen atoms in total. The summed E-state index contributed by atoms with van der Waals surface area (Å²) in [5.74, 6) is -0.123. The summed E-state index contributed by atoms with van der Waals surface area (Å²) in [6.07, 6.45) is 3.99. The maximum absolute atomic E-state index is 10.8. The van der Waals surface area contributed by atoms with Crippen LogP contribution in [0.25, 0.3) is 0 Å². The number of aromatic nitrogens is 1. The van der Waals surface area contributed by atoms with E-state index in [0.717, 1.165) is 28.4 Å². The number of aliphatic carboxylic acids is 1. The molecule has 27 heavy (non-hydrogen) atoms. The summed E-state index contributed by atoms with van der Waals surface area (Å²) in [7, 11) is 0. The highest BCUT2D eigenvalue weighted by atomic mass is 35.5. The van der Waals surface area contributed by atoms with Crippen molar-refractivity contribution in [3.63, 3.8) is 0 Å². The number of nitrogens with zero attached hydrogens (tertiary/aromatic N) is 2. The summed E-state index contributed by atoms with van der Waals surface area (Å²) in [6, 6.07) is 7.82. The van der Waals surface area contributed by atoms with Crippen LogP contribution in [0.3, 0.4) is 0 Å². The Hall–Kier alpha value is -2.31. The fraction of sp³-hybridized carbons (Fsp3) is 0.400. The maximum Gasteiger partial charge on any atom is 0.303 e. The lowest BCUT2D eigenvalue weighted by Gasteiger charge is -2.34. The summed E-state index contributed by atoms with van der Waals surface area (Å²) >= 11 is 6.16. The van der Waals surface area contributed by atoms with Gasteiger partial charge in [-0.3, -0.25) is 9.78 Å². The highest BCUT2D eigenvalue weighted by molar-refractivity contribution is 6.31. The number of anilines is 1. The third-order valence-electron chi connectivity index (χ3n) is 4.52. The lowest BCUT2D eigenvalue weighted by atomic mass is 10.1. The summed E-state index contributed by atoms with van der Waals surface area (Å²) < 4.78 is 11.5. The molecule has 1 atom stereocenters. The van der Waals surface area contributed by atoms with Crippen molar-refractivity contribution in [1.82, 2.24) is 4.98 Å². The second-order valence-electron chi connectivity index (χ2n) is 6.62. The maximum atomic E-state index is 10.8. The van der Waals surface area contributed by atoms with Gasteiger partial charge >= 0.3 is 5.97 Å². The molecule has 7 heteroatoms. The van der Waals surface area contributed by atoms with Gasteiger partial charge in [0.2, 0.25) is 0 Å². The van der Waals surface area contributed by atoms with E-state index >= 15 is 0 Å². The second-order valence-corrected chi connectivity index (χ2v) is 7.03. The molecule has 1 saturated heterocycles. The molecular formula is C20H23ClN2O4. The average molecular weight is 391 g/mol. The number of pyridine rings is 1. The van der Waals surface area contributed by atoms with E-state index in [0.29, 0.717) is 31.9 Å². The van der Waals surface area contributed by atoms with Gasteiger partial charge in [-0.1, -0.05) is 23.7 Å². The molecule has 0 bridgehead atoms. The minimum absolute atomic E-state index is 0.0888. The predicted molar refractivity (Wildman–Crippen MR) is 104 cm³/mol. The molecular weight excluding hydrogens is 368 g/mol. The van der Waals surface area contributed by atoms with Crippen molar-refractivity contribution in [2.45, 2.75) is 32.5 Å². The molecule has 0 radical (unpaired) electrons. The minimum Gasteiger partial charge on any atom is -0.487 e. The molecule has 0 aliphatic carbocycles. The number of carbonyl (C=O) groups is 1. The van der Waals surface area contributed by atoms with Crippen LogP contribution in [0.5, 0.6) is 5.75 Å². The fourth-order valence-electron chi connectivity index (χ4n) is 2.97. The van der Waals surface area contributed by atoms with Gasteiger partial charge in [0.05, 0.1) is 30.8 Å². The van der Waals surface area contributed by atoms with Crippen molar-refractivity contribution in [2.75, 3.05) is 24.6 Å². The summed E-state index contributed by atoms with van der Waals surface area (Å²) in [4.78, 5) is 17.2. The third-order valence-corrected chi connectivity index (χ3v) is 4.93. The highest BCUT2D eigenvalue weighted by Crippen LogP contribution is 2.24. The minimum atomic E-state index is -0.802. The number of carboxylic acids is 1. The first-order valence-electron chi connectivity index (χ1n) is 8.92. The van der Waals surface area contributed by atoms with E-state index in [4.69, 9.17) is 26.2 Å². The Kier molecular flexibility index (Phi) is 6.53. The monoisotopic (exact) mass is 390 g/mol. The number of benzene rings is 1. The van der Waals surface area contributed by atoms with Crippen LogP contribution in [-0.2, 0) is 16.1 Å². The van der Waals surface area contributed by atoms with Gasteiger partial charge in [-0.25, -0.2) is 0 Å². The van der Waals surface area contributed by atoms with Crippen LogP contribution in [0.15, 0.2) is 36.7 Å². The molecule has 1 aromatic carbocycles. The smallest absolute Gasteiger partial charge is 0.303 e. The largest absolute Gasteiger partial charge is 0.487 e. The lowest BCUT2D eigenvalue weighted by Crippen LogP contribution is -2.42. The molecule has 1 aliphatic heterocycles. The van der Waals surface area contributed by atoms with Crippen molar-refractivity contribution in [1.29, 1.82) is 0 Å². The van der Waals surface area contributed by atoms with E-state index in [9.17, 15) is 4.79 Å². The molecule has 0 amide bonds. The van der Waals surface area contributed by atoms with Crippen LogP contribution in [0.2, 0.25) is 5.02 Å². The van der Waals surface area contributed by atoms with Gasteiger partial charge in [-0.05, 0) is 30.5 Å². The van der Waals surface area contributed by atoms with E-state index < -0.39 is 5.97 Å². The second kappa shape index (κ2) is 9.06. The number of carboxylic acid groups (broad SMARTS) is 1. The molecule has 3 rings (SSSR count). The lowest BCUT2D eigenvalue weighted by molar-refractivity contribution is -0.137. The van der Waals surface area contributed by atoms with Crippen molar-refractivity contribution in [3.8, 4) is 5.75 Å². The highest BCUT2D eigenvalue weighted by Gasteiger charge is 2.22. The van der Waals surface area contributed by atoms with Gasteiger partial charge < -0.3 is 19.5 Å². The van der Waals surface area contributed by atoms with Crippen LogP contribution in [0, 0.1) is 6.92 Å². The Bertz CT molecular complexity index is 799. The standard InChI is InChI=1S/C20H23ClN2O4/c1-14-2-3-15(8-19(14)21)13-27-18-9-16(10-22-11-18)23-6-7-26-17(12-23)4-5-20(24)25/h2-3,8-11,17H,4-7,12-13H2,1H3,(H,24,25)/t17-/m0/s1. The van der Waals surface area contributed by atoms with Gasteiger partial charge in [-0.2, -0.15) is 0 Å². The van der Waals surface area contributed by atoms with Gasteiger partial charge in [0.25, 0.3) is 0 Å². The zero-order valence-electron chi connectivity index (χ0n) is 15.2. The number of morpholine rings is 1. The summed E-state index contributed by atoms with van der Waals surface area (Å²) in [6.45, 7) is 4.33. The predicted octanol–water partition coefficient (Wildman–Crippen LogP) is 3.69. The van der Waals surface area contributed by atoms with Gasteiger partial charge in [-0.15, -0.1) is 0 Å².